The lowest BCUT2D eigenvalue weighted by Crippen LogP contribution is -2.49. The van der Waals surface area contributed by atoms with E-state index < -0.39 is 33.7 Å². The Bertz CT molecular complexity index is 1070. The molecule has 0 bridgehead atoms. The normalized spacial score (nSPS) is 20.5. The second-order valence-corrected chi connectivity index (χ2v) is 9.77. The summed E-state index contributed by atoms with van der Waals surface area (Å²) in [4.78, 5) is 26.9. The van der Waals surface area contributed by atoms with Crippen LogP contribution >= 0.6 is 11.6 Å². The maximum atomic E-state index is 13.5. The smallest absolute Gasteiger partial charge is 0.252 e. The van der Waals surface area contributed by atoms with Crippen LogP contribution in [0.1, 0.15) is 32.1 Å². The van der Waals surface area contributed by atoms with Gasteiger partial charge >= 0.3 is 0 Å². The highest BCUT2D eigenvalue weighted by Gasteiger charge is 2.49. The number of carbonyl (C=O) groups is 2. The van der Waals surface area contributed by atoms with Gasteiger partial charge in [0.05, 0.1) is 17.0 Å². The minimum atomic E-state index is -4.04. The fourth-order valence-corrected chi connectivity index (χ4v) is 6.13. The molecule has 9 heteroatoms. The van der Waals surface area contributed by atoms with Gasteiger partial charge in [0.15, 0.2) is 0 Å². The van der Waals surface area contributed by atoms with Crippen LogP contribution < -0.4 is 4.90 Å². The number of rotatable bonds is 5. The number of hydrogen-bond acceptors (Lipinski definition) is 4. The number of benzene rings is 2. The van der Waals surface area contributed by atoms with Gasteiger partial charge in [-0.15, -0.1) is 0 Å². The summed E-state index contributed by atoms with van der Waals surface area (Å²) >= 11 is 5.90. The fraction of sp³-hybridized carbons (Fsp3) is 0.333. The van der Waals surface area contributed by atoms with E-state index in [0.29, 0.717) is 17.9 Å². The molecule has 1 atom stereocenters. The molecule has 0 aromatic heterocycles. The summed E-state index contributed by atoms with van der Waals surface area (Å²) in [6.45, 7) is 0. The first kappa shape index (κ1) is 21.0. The first-order valence-electron chi connectivity index (χ1n) is 9.70. The van der Waals surface area contributed by atoms with Crippen LogP contribution in [0.25, 0.3) is 0 Å². The van der Waals surface area contributed by atoms with E-state index in [2.05, 4.69) is 0 Å². The van der Waals surface area contributed by atoms with Crippen molar-refractivity contribution < 1.29 is 22.4 Å². The van der Waals surface area contributed by atoms with Crippen LogP contribution in [-0.2, 0) is 19.6 Å². The molecule has 1 saturated heterocycles. The number of halogens is 2. The van der Waals surface area contributed by atoms with E-state index in [1.807, 2.05) is 0 Å². The van der Waals surface area contributed by atoms with Gasteiger partial charge in [0.25, 0.3) is 5.91 Å². The number of carbonyl (C=O) groups excluding carboxylic acids is 2. The Kier molecular flexibility index (Phi) is 5.65. The summed E-state index contributed by atoms with van der Waals surface area (Å²) in [6.07, 6.45) is 2.71. The molecule has 0 spiro atoms. The van der Waals surface area contributed by atoms with Crippen LogP contribution in [0, 0.1) is 5.82 Å². The molecule has 2 amide bonds. The highest BCUT2D eigenvalue weighted by atomic mass is 35.5. The molecular formula is C21H20ClFN2O4S. The van der Waals surface area contributed by atoms with Crippen LogP contribution in [0.4, 0.5) is 10.1 Å². The van der Waals surface area contributed by atoms with Crippen molar-refractivity contribution in [2.75, 3.05) is 4.90 Å². The van der Waals surface area contributed by atoms with Gasteiger partial charge in [0.2, 0.25) is 15.9 Å². The average molecular weight is 451 g/mol. The lowest BCUT2D eigenvalue weighted by molar-refractivity contribution is -0.122. The van der Waals surface area contributed by atoms with Gasteiger partial charge < -0.3 is 0 Å². The van der Waals surface area contributed by atoms with Crippen LogP contribution in [0.5, 0.6) is 0 Å². The SMILES string of the molecule is O=C1CC(N(C2CCCC2)S(=O)(=O)c2ccc(Cl)cc2)C(=O)N1c1ccc(F)cc1. The number of nitrogens with zero attached hydrogens (tertiary/aromatic N) is 2. The maximum Gasteiger partial charge on any atom is 0.252 e. The van der Waals surface area contributed by atoms with Crippen molar-refractivity contribution in [2.45, 2.75) is 49.1 Å². The van der Waals surface area contributed by atoms with Crippen LogP contribution in [0.15, 0.2) is 53.4 Å². The van der Waals surface area contributed by atoms with Crippen LogP contribution in [-0.4, -0.2) is 36.6 Å². The van der Waals surface area contributed by atoms with Gasteiger partial charge in [0, 0.05) is 11.1 Å². The van der Waals surface area contributed by atoms with Gasteiger partial charge in [-0.05, 0) is 61.4 Å². The summed E-state index contributed by atoms with van der Waals surface area (Å²) in [5.74, 6) is -1.62. The van der Waals surface area contributed by atoms with Crippen molar-refractivity contribution >= 4 is 39.1 Å². The number of amides is 2. The molecule has 1 unspecified atom stereocenters. The molecule has 0 radical (unpaired) electrons. The van der Waals surface area contributed by atoms with E-state index in [-0.39, 0.29) is 23.0 Å². The molecular weight excluding hydrogens is 431 g/mol. The Morgan fingerprint density at radius 3 is 2.17 bits per heavy atom. The lowest BCUT2D eigenvalue weighted by atomic mass is 10.2. The molecule has 1 saturated carbocycles. The highest BCUT2D eigenvalue weighted by molar-refractivity contribution is 7.89. The molecule has 2 aliphatic rings. The van der Waals surface area contributed by atoms with Crippen molar-refractivity contribution in [1.82, 2.24) is 4.31 Å². The third-order valence-corrected chi connectivity index (χ3v) is 7.82. The predicted molar refractivity (Wildman–Crippen MR) is 110 cm³/mol. The molecule has 4 rings (SSSR count). The van der Waals surface area contributed by atoms with E-state index in [1.54, 1.807) is 0 Å². The van der Waals surface area contributed by atoms with E-state index >= 15 is 0 Å². The Hall–Kier alpha value is -2.29. The van der Waals surface area contributed by atoms with E-state index in [0.717, 1.165) is 29.9 Å². The largest absolute Gasteiger partial charge is 0.274 e. The minimum absolute atomic E-state index is 0.0271. The van der Waals surface area contributed by atoms with Crippen LogP contribution in [0.3, 0.4) is 0 Å². The molecule has 1 heterocycles. The van der Waals surface area contributed by atoms with Gasteiger partial charge in [-0.3, -0.25) is 9.59 Å². The Morgan fingerprint density at radius 2 is 1.57 bits per heavy atom. The van der Waals surface area contributed by atoms with Gasteiger partial charge in [-0.1, -0.05) is 24.4 Å². The summed E-state index contributed by atoms with van der Waals surface area (Å²) in [5, 5.41) is 0.399. The molecule has 2 fully saturated rings. The average Bonchev–Trinajstić information content (AvgIpc) is 3.32. The summed E-state index contributed by atoms with van der Waals surface area (Å²) in [6, 6.07) is 9.25. The summed E-state index contributed by atoms with van der Waals surface area (Å²) in [5.41, 5.74) is 0.226. The van der Waals surface area contributed by atoms with Gasteiger partial charge in [-0.2, -0.15) is 4.31 Å². The highest BCUT2D eigenvalue weighted by Crippen LogP contribution is 2.35. The molecule has 30 heavy (non-hydrogen) atoms. The fourth-order valence-electron chi connectivity index (χ4n) is 4.18. The van der Waals surface area contributed by atoms with E-state index in [1.165, 1.54) is 40.7 Å². The second kappa shape index (κ2) is 8.09. The number of hydrogen-bond donors (Lipinski definition) is 0. The van der Waals surface area contributed by atoms with Crippen molar-refractivity contribution in [3.05, 3.63) is 59.4 Å². The van der Waals surface area contributed by atoms with Crippen molar-refractivity contribution in [2.24, 2.45) is 0 Å². The summed E-state index contributed by atoms with van der Waals surface area (Å²) in [7, 11) is -4.04. The Balaban J connectivity index is 1.73. The second-order valence-electron chi connectivity index (χ2n) is 7.49. The first-order chi connectivity index (χ1) is 14.3. The molecule has 2 aromatic carbocycles. The number of imide groups is 1. The topological polar surface area (TPSA) is 74.8 Å². The zero-order valence-corrected chi connectivity index (χ0v) is 17.6. The lowest BCUT2D eigenvalue weighted by Gasteiger charge is -2.32. The van der Waals surface area contributed by atoms with E-state index in [9.17, 15) is 22.4 Å². The number of sulfonamides is 1. The van der Waals surface area contributed by atoms with Crippen molar-refractivity contribution in [1.29, 1.82) is 0 Å². The third kappa shape index (κ3) is 3.75. The summed E-state index contributed by atoms with van der Waals surface area (Å²) < 4.78 is 41.5. The van der Waals surface area contributed by atoms with E-state index in [4.69, 9.17) is 11.6 Å². The maximum absolute atomic E-state index is 13.5. The standard InChI is InChI=1S/C21H20ClFN2O4S/c22-14-5-11-18(12-6-14)30(28,29)25(17-3-1-2-4-17)19-13-20(26)24(21(19)27)16-9-7-15(23)8-10-16/h5-12,17,19H,1-4,13H2. The van der Waals surface area contributed by atoms with Crippen molar-refractivity contribution in [3.8, 4) is 0 Å². The zero-order chi connectivity index (χ0) is 21.5. The van der Waals surface area contributed by atoms with Crippen LogP contribution in [0.2, 0.25) is 5.02 Å². The third-order valence-electron chi connectivity index (χ3n) is 5.59. The molecule has 2 aromatic rings. The number of anilines is 1. The molecule has 0 N–H and O–H groups in total. The monoisotopic (exact) mass is 450 g/mol. The molecule has 6 nitrogen and oxygen atoms in total. The molecule has 1 aliphatic heterocycles. The van der Waals surface area contributed by atoms with Gasteiger partial charge in [0.1, 0.15) is 11.9 Å². The predicted octanol–water partition coefficient (Wildman–Crippen LogP) is 3.74. The van der Waals surface area contributed by atoms with Crippen molar-refractivity contribution in [3.63, 3.8) is 0 Å². The quantitative estimate of drug-likeness (QED) is 0.650. The minimum Gasteiger partial charge on any atom is -0.274 e. The zero-order valence-electron chi connectivity index (χ0n) is 16.0. The van der Waals surface area contributed by atoms with Gasteiger partial charge in [-0.25, -0.2) is 17.7 Å². The molecule has 1 aliphatic carbocycles. The first-order valence-corrected chi connectivity index (χ1v) is 11.5. The molecule has 158 valence electrons. The Labute approximate surface area is 179 Å². The Morgan fingerprint density at radius 1 is 0.967 bits per heavy atom.